The Balaban J connectivity index is 0.944. The number of nitrogens with one attached hydrogen (secondary N) is 1. The van der Waals surface area contributed by atoms with Gasteiger partial charge in [0.05, 0.1) is 24.2 Å². The molecule has 2 saturated heterocycles. The lowest BCUT2D eigenvalue weighted by Crippen LogP contribution is -2.60. The van der Waals surface area contributed by atoms with Crippen LogP contribution in [0, 0.1) is 11.8 Å². The van der Waals surface area contributed by atoms with E-state index in [1.54, 1.807) is 4.90 Å². The summed E-state index contributed by atoms with van der Waals surface area (Å²) in [5.74, 6) is -0.625. The van der Waals surface area contributed by atoms with Crippen molar-refractivity contribution in [2.24, 2.45) is 11.8 Å². The minimum absolute atomic E-state index is 0.0957. The maximum atomic E-state index is 13.9. The van der Waals surface area contributed by atoms with Crippen molar-refractivity contribution in [1.29, 1.82) is 0 Å². The van der Waals surface area contributed by atoms with E-state index < -0.39 is 47.5 Å². The van der Waals surface area contributed by atoms with Crippen LogP contribution in [-0.4, -0.2) is 71.3 Å². The maximum Gasteiger partial charge on any atom is 0.434 e. The lowest BCUT2D eigenvalue weighted by Gasteiger charge is -2.44. The molecule has 8 nitrogen and oxygen atoms in total. The topological polar surface area (TPSA) is 84.0 Å². The number of carbonyl (C=O) groups excluding carboxylic acids is 2. The molecule has 2 amide bonds. The van der Waals surface area contributed by atoms with Crippen molar-refractivity contribution in [3.63, 3.8) is 0 Å². The van der Waals surface area contributed by atoms with Crippen LogP contribution in [-0.2, 0) is 27.9 Å². The van der Waals surface area contributed by atoms with Crippen molar-refractivity contribution in [2.45, 2.75) is 68.6 Å². The second kappa shape index (κ2) is 11.7. The number of fused-ring (bicyclic) bond motifs is 1. The molecule has 2 aromatic rings. The van der Waals surface area contributed by atoms with Gasteiger partial charge in [0.25, 0.3) is 5.60 Å². The number of pyridine rings is 1. The number of piperidine rings is 1. The zero-order chi connectivity index (χ0) is 32.0. The van der Waals surface area contributed by atoms with E-state index in [4.69, 9.17) is 9.47 Å². The Labute approximate surface area is 256 Å². The lowest BCUT2D eigenvalue weighted by atomic mass is 9.81. The highest BCUT2D eigenvalue weighted by molar-refractivity contribution is 5.79. The minimum atomic E-state index is -4.72. The van der Waals surface area contributed by atoms with Gasteiger partial charge in [-0.05, 0) is 55.4 Å². The van der Waals surface area contributed by atoms with Gasteiger partial charge in [-0.15, -0.1) is 0 Å². The monoisotopic (exact) mass is 640 g/mol. The van der Waals surface area contributed by atoms with Crippen molar-refractivity contribution < 1.29 is 45.4 Å². The molecule has 1 aromatic heterocycles. The van der Waals surface area contributed by atoms with Crippen molar-refractivity contribution in [1.82, 2.24) is 20.1 Å². The summed E-state index contributed by atoms with van der Waals surface area (Å²) in [5.41, 5.74) is -3.19. The molecule has 6 rings (SSSR count). The fourth-order valence-electron chi connectivity index (χ4n) is 6.96. The van der Waals surface area contributed by atoms with E-state index in [1.807, 2.05) is 0 Å². The first kappa shape index (κ1) is 31.4. The fraction of sp³-hybridized carbons (Fsp3) is 0.581. The Bertz CT molecular complexity index is 1400. The third kappa shape index (κ3) is 6.30. The number of hydrogen-bond donors (Lipinski definition) is 1. The van der Waals surface area contributed by atoms with E-state index >= 15 is 0 Å². The van der Waals surface area contributed by atoms with Crippen LogP contribution in [0.25, 0.3) is 0 Å². The second-order valence-electron chi connectivity index (χ2n) is 12.6. The molecule has 0 radical (unpaired) electrons. The molecule has 1 aromatic carbocycles. The number of aromatic nitrogens is 1. The van der Waals surface area contributed by atoms with Crippen LogP contribution in [0.2, 0.25) is 0 Å². The number of amides is 2. The fourth-order valence-corrected chi connectivity index (χ4v) is 6.96. The van der Waals surface area contributed by atoms with Crippen LogP contribution in [0.5, 0.6) is 5.75 Å². The first-order valence-electron chi connectivity index (χ1n) is 15.1. The molecule has 1 saturated carbocycles. The summed E-state index contributed by atoms with van der Waals surface area (Å²) >= 11 is 0. The molecule has 1 aliphatic carbocycles. The minimum Gasteiger partial charge on any atom is -0.470 e. The molecule has 4 aliphatic rings. The zero-order valence-corrected chi connectivity index (χ0v) is 24.4. The first-order valence-corrected chi connectivity index (χ1v) is 15.1. The molecule has 244 valence electrons. The van der Waals surface area contributed by atoms with Crippen molar-refractivity contribution in [3.05, 3.63) is 59.4 Å². The van der Waals surface area contributed by atoms with Crippen LogP contribution in [0.15, 0.2) is 42.7 Å². The molecule has 1 N–H and O–H groups in total. The van der Waals surface area contributed by atoms with Gasteiger partial charge in [-0.2, -0.15) is 26.3 Å². The molecular weight excluding hydrogens is 606 g/mol. The number of halogens is 6. The molecule has 4 heterocycles. The number of benzene rings is 1. The lowest BCUT2D eigenvalue weighted by molar-refractivity contribution is -0.269. The Morgan fingerprint density at radius 2 is 1.67 bits per heavy atom. The van der Waals surface area contributed by atoms with Crippen molar-refractivity contribution in [3.8, 4) is 5.75 Å². The van der Waals surface area contributed by atoms with E-state index in [9.17, 15) is 35.9 Å². The molecular formula is C31H34F6N4O4. The first-order chi connectivity index (χ1) is 21.3. The summed E-state index contributed by atoms with van der Waals surface area (Å²) in [7, 11) is 0. The largest absolute Gasteiger partial charge is 0.470 e. The maximum absolute atomic E-state index is 13.9. The zero-order valence-electron chi connectivity index (χ0n) is 24.4. The van der Waals surface area contributed by atoms with Crippen LogP contribution >= 0.6 is 0 Å². The SMILES string of the molecule is O=C(NCC1(C(F)(F)F)Oc2ccncc21)C1CCC(CN2CC3(CCN(Cc4ccc(C(F)(F)F)cc4)CC3)OC2=O)CC1. The van der Waals surface area contributed by atoms with Crippen molar-refractivity contribution in [2.75, 3.05) is 32.7 Å². The number of ether oxygens (including phenoxy) is 2. The Morgan fingerprint density at radius 3 is 2.29 bits per heavy atom. The number of hydrogen-bond acceptors (Lipinski definition) is 6. The molecule has 1 spiro atoms. The summed E-state index contributed by atoms with van der Waals surface area (Å²) in [5, 5.41) is 2.46. The summed E-state index contributed by atoms with van der Waals surface area (Å²) in [6.45, 7) is 2.01. The Kier molecular flexibility index (Phi) is 8.15. The van der Waals surface area contributed by atoms with Gasteiger partial charge in [-0.3, -0.25) is 14.7 Å². The number of rotatable bonds is 7. The van der Waals surface area contributed by atoms with E-state index in [2.05, 4.69) is 15.2 Å². The second-order valence-corrected chi connectivity index (χ2v) is 12.6. The summed E-state index contributed by atoms with van der Waals surface area (Å²) in [6.07, 6.45) is -3.46. The third-order valence-corrected chi connectivity index (χ3v) is 9.66. The predicted octanol–water partition coefficient (Wildman–Crippen LogP) is 5.66. The Hall–Kier alpha value is -3.55. The van der Waals surface area contributed by atoms with Crippen LogP contribution in [0.3, 0.4) is 0 Å². The average Bonchev–Trinajstić information content (AvgIpc) is 3.28. The highest BCUT2D eigenvalue weighted by Crippen LogP contribution is 2.52. The summed E-state index contributed by atoms with van der Waals surface area (Å²) in [6, 6.07) is 6.50. The van der Waals surface area contributed by atoms with Gasteiger partial charge in [-0.25, -0.2) is 4.79 Å². The number of likely N-dealkylation sites (tertiary alicyclic amines) is 1. The van der Waals surface area contributed by atoms with Gasteiger partial charge < -0.3 is 19.7 Å². The predicted molar refractivity (Wildman–Crippen MR) is 148 cm³/mol. The van der Waals surface area contributed by atoms with Gasteiger partial charge in [-0.1, -0.05) is 12.1 Å². The van der Waals surface area contributed by atoms with Crippen LogP contribution < -0.4 is 10.1 Å². The molecule has 3 fully saturated rings. The van der Waals surface area contributed by atoms with E-state index in [1.165, 1.54) is 24.4 Å². The standard InChI is InChI=1S/C31H34F6N4O4/c32-30(33,34)23-7-3-20(4-8-23)16-40-13-10-28(11-14-40)19-41(27(43)45-28)17-21-1-5-22(6-2-21)26(42)39-18-29(31(35,36)37)24-15-38-12-9-25(24)44-29/h3-4,7-9,12,15,21-22H,1-2,5-6,10-11,13-14,16-19H2,(H,39,42). The number of nitrogens with zero attached hydrogens (tertiary/aromatic N) is 3. The molecule has 0 bridgehead atoms. The molecule has 45 heavy (non-hydrogen) atoms. The molecule has 14 heteroatoms. The van der Waals surface area contributed by atoms with Gasteiger partial charge >= 0.3 is 18.4 Å². The summed E-state index contributed by atoms with van der Waals surface area (Å²) in [4.78, 5) is 33.3. The summed E-state index contributed by atoms with van der Waals surface area (Å²) < 4.78 is 91.2. The normalized spacial score (nSPS) is 26.5. The Morgan fingerprint density at radius 1 is 0.978 bits per heavy atom. The third-order valence-electron chi connectivity index (χ3n) is 9.66. The van der Waals surface area contributed by atoms with Crippen LogP contribution in [0.1, 0.15) is 55.2 Å². The van der Waals surface area contributed by atoms with Gasteiger partial charge in [0.2, 0.25) is 5.91 Å². The highest BCUT2D eigenvalue weighted by Gasteiger charge is 2.65. The van der Waals surface area contributed by atoms with E-state index in [-0.39, 0.29) is 23.3 Å². The van der Waals surface area contributed by atoms with E-state index in [0.29, 0.717) is 71.2 Å². The molecule has 1 unspecified atom stereocenters. The van der Waals surface area contributed by atoms with Gasteiger partial charge in [0.1, 0.15) is 11.4 Å². The van der Waals surface area contributed by atoms with Gasteiger partial charge in [0, 0.05) is 57.3 Å². The average molecular weight is 641 g/mol. The number of alkyl halides is 6. The quantitative estimate of drug-likeness (QED) is 0.394. The van der Waals surface area contributed by atoms with E-state index in [0.717, 1.165) is 23.9 Å². The molecule has 1 atom stereocenters. The van der Waals surface area contributed by atoms with Crippen LogP contribution in [0.4, 0.5) is 31.1 Å². The van der Waals surface area contributed by atoms with Gasteiger partial charge in [0.15, 0.2) is 0 Å². The highest BCUT2D eigenvalue weighted by atomic mass is 19.4. The van der Waals surface area contributed by atoms with Crippen molar-refractivity contribution >= 4 is 12.0 Å². The number of carbonyl (C=O) groups is 2. The molecule has 3 aliphatic heterocycles. The smallest absolute Gasteiger partial charge is 0.434 e.